The minimum absolute atomic E-state index is 0.0592. The van der Waals surface area contributed by atoms with Crippen molar-refractivity contribution in [1.29, 1.82) is 0 Å². The molecule has 1 heterocycles. The van der Waals surface area contributed by atoms with Gasteiger partial charge in [0, 0.05) is 18.2 Å². The van der Waals surface area contributed by atoms with E-state index >= 15 is 0 Å². The van der Waals surface area contributed by atoms with Crippen molar-refractivity contribution in [3.05, 3.63) is 35.7 Å². The Hall–Kier alpha value is -1.82. The Bertz CT molecular complexity index is 599. The van der Waals surface area contributed by atoms with Crippen molar-refractivity contribution >= 4 is 0 Å². The van der Waals surface area contributed by atoms with Crippen LogP contribution in [0.3, 0.4) is 0 Å². The standard InChI is InChI=1S/C15H19F2N3O/c1-15(2,3)7-10(8-18)14-19-13(20-21-14)9-4-11(16)6-12(17)5-9/h4-6,10H,7-8,18H2,1-3H3. The molecule has 1 aromatic carbocycles. The van der Waals surface area contributed by atoms with Gasteiger partial charge in [0.15, 0.2) is 0 Å². The summed E-state index contributed by atoms with van der Waals surface area (Å²) in [7, 11) is 0. The molecular formula is C15H19F2N3O. The van der Waals surface area contributed by atoms with Crippen molar-refractivity contribution in [2.24, 2.45) is 11.1 Å². The van der Waals surface area contributed by atoms with E-state index in [-0.39, 0.29) is 22.7 Å². The third-order valence-corrected chi connectivity index (χ3v) is 3.06. The average molecular weight is 295 g/mol. The van der Waals surface area contributed by atoms with E-state index in [1.165, 1.54) is 12.1 Å². The fraction of sp³-hybridized carbons (Fsp3) is 0.467. The maximum absolute atomic E-state index is 13.2. The largest absolute Gasteiger partial charge is 0.339 e. The number of benzene rings is 1. The topological polar surface area (TPSA) is 64.9 Å². The molecule has 0 aliphatic carbocycles. The Balaban J connectivity index is 2.28. The number of nitrogens with zero attached hydrogens (tertiary/aromatic N) is 2. The third-order valence-electron chi connectivity index (χ3n) is 3.06. The van der Waals surface area contributed by atoms with Crippen LogP contribution >= 0.6 is 0 Å². The highest BCUT2D eigenvalue weighted by molar-refractivity contribution is 5.54. The van der Waals surface area contributed by atoms with Crippen LogP contribution in [0, 0.1) is 17.0 Å². The van der Waals surface area contributed by atoms with Crippen LogP contribution in [0.25, 0.3) is 11.4 Å². The third kappa shape index (κ3) is 4.07. The lowest BCUT2D eigenvalue weighted by molar-refractivity contribution is 0.287. The summed E-state index contributed by atoms with van der Waals surface area (Å²) >= 11 is 0. The summed E-state index contributed by atoms with van der Waals surface area (Å²) in [5, 5.41) is 3.79. The lowest BCUT2D eigenvalue weighted by atomic mass is 9.84. The van der Waals surface area contributed by atoms with Gasteiger partial charge in [-0.05, 0) is 24.0 Å². The van der Waals surface area contributed by atoms with Gasteiger partial charge in [0.2, 0.25) is 11.7 Å². The predicted molar refractivity (Wildman–Crippen MR) is 75.5 cm³/mol. The van der Waals surface area contributed by atoms with Gasteiger partial charge in [0.05, 0.1) is 5.92 Å². The lowest BCUT2D eigenvalue weighted by Crippen LogP contribution is -2.19. The van der Waals surface area contributed by atoms with Crippen LogP contribution in [0.4, 0.5) is 8.78 Å². The normalized spacial score (nSPS) is 13.4. The maximum Gasteiger partial charge on any atom is 0.231 e. The van der Waals surface area contributed by atoms with Crippen molar-refractivity contribution in [2.75, 3.05) is 6.54 Å². The molecule has 0 saturated carbocycles. The first kappa shape index (κ1) is 15.6. The molecule has 114 valence electrons. The second-order valence-electron chi connectivity index (χ2n) is 6.31. The molecule has 4 nitrogen and oxygen atoms in total. The fourth-order valence-corrected chi connectivity index (χ4v) is 2.21. The second-order valence-corrected chi connectivity index (χ2v) is 6.31. The zero-order valence-electron chi connectivity index (χ0n) is 12.4. The molecule has 0 aliphatic heterocycles. The smallest absolute Gasteiger partial charge is 0.231 e. The Kier molecular flexibility index (Phi) is 4.37. The molecule has 0 saturated heterocycles. The molecule has 0 bridgehead atoms. The van der Waals surface area contributed by atoms with Crippen molar-refractivity contribution in [3.63, 3.8) is 0 Å². The van der Waals surface area contributed by atoms with Gasteiger partial charge in [-0.25, -0.2) is 8.78 Å². The Morgan fingerprint density at radius 1 is 1.19 bits per heavy atom. The average Bonchev–Trinajstić information content (AvgIpc) is 2.83. The highest BCUT2D eigenvalue weighted by atomic mass is 19.1. The van der Waals surface area contributed by atoms with E-state index < -0.39 is 11.6 Å². The van der Waals surface area contributed by atoms with Crippen molar-refractivity contribution in [1.82, 2.24) is 10.1 Å². The summed E-state index contributed by atoms with van der Waals surface area (Å²) in [5.41, 5.74) is 6.06. The summed E-state index contributed by atoms with van der Waals surface area (Å²) in [6.45, 7) is 6.65. The monoisotopic (exact) mass is 295 g/mol. The summed E-state index contributed by atoms with van der Waals surface area (Å²) in [4.78, 5) is 4.23. The SMILES string of the molecule is CC(C)(C)CC(CN)c1nc(-c2cc(F)cc(F)c2)no1. The fourth-order valence-electron chi connectivity index (χ4n) is 2.21. The van der Waals surface area contributed by atoms with Gasteiger partial charge in [-0.15, -0.1) is 0 Å². The van der Waals surface area contributed by atoms with Gasteiger partial charge >= 0.3 is 0 Å². The van der Waals surface area contributed by atoms with Crippen LogP contribution in [0.2, 0.25) is 0 Å². The molecule has 21 heavy (non-hydrogen) atoms. The predicted octanol–water partition coefficient (Wildman–Crippen LogP) is 3.49. The number of aromatic nitrogens is 2. The van der Waals surface area contributed by atoms with Gasteiger partial charge in [0.1, 0.15) is 11.6 Å². The molecule has 0 radical (unpaired) electrons. The first-order valence-corrected chi connectivity index (χ1v) is 6.78. The molecule has 2 rings (SSSR count). The first-order chi connectivity index (χ1) is 9.78. The van der Waals surface area contributed by atoms with Crippen LogP contribution in [0.15, 0.2) is 22.7 Å². The minimum atomic E-state index is -0.679. The molecule has 0 aliphatic rings. The van der Waals surface area contributed by atoms with Crippen molar-refractivity contribution in [2.45, 2.75) is 33.1 Å². The Morgan fingerprint density at radius 3 is 2.33 bits per heavy atom. The zero-order valence-corrected chi connectivity index (χ0v) is 12.4. The van der Waals surface area contributed by atoms with E-state index in [1.54, 1.807) is 0 Å². The van der Waals surface area contributed by atoms with E-state index in [2.05, 4.69) is 30.9 Å². The van der Waals surface area contributed by atoms with Crippen LogP contribution in [0.5, 0.6) is 0 Å². The number of nitrogens with two attached hydrogens (primary N) is 1. The van der Waals surface area contributed by atoms with Crippen LogP contribution < -0.4 is 5.73 Å². The van der Waals surface area contributed by atoms with Gasteiger partial charge in [-0.2, -0.15) is 4.98 Å². The quantitative estimate of drug-likeness (QED) is 0.937. The molecule has 0 fully saturated rings. The molecule has 2 aromatic rings. The Morgan fingerprint density at radius 2 is 1.81 bits per heavy atom. The minimum Gasteiger partial charge on any atom is -0.339 e. The van der Waals surface area contributed by atoms with Crippen molar-refractivity contribution in [3.8, 4) is 11.4 Å². The molecule has 1 aromatic heterocycles. The molecule has 1 unspecified atom stereocenters. The molecule has 6 heteroatoms. The summed E-state index contributed by atoms with van der Waals surface area (Å²) in [6, 6.07) is 3.13. The van der Waals surface area contributed by atoms with Crippen LogP contribution in [-0.4, -0.2) is 16.7 Å². The van der Waals surface area contributed by atoms with Gasteiger partial charge in [-0.3, -0.25) is 0 Å². The highest BCUT2D eigenvalue weighted by Gasteiger charge is 2.24. The van der Waals surface area contributed by atoms with E-state index in [1.807, 2.05) is 0 Å². The van der Waals surface area contributed by atoms with E-state index in [0.29, 0.717) is 12.4 Å². The molecule has 0 amide bonds. The Labute approximate surface area is 122 Å². The number of hydrogen-bond donors (Lipinski definition) is 1. The molecule has 0 spiro atoms. The highest BCUT2D eigenvalue weighted by Crippen LogP contribution is 2.30. The maximum atomic E-state index is 13.2. The number of halogens is 2. The van der Waals surface area contributed by atoms with E-state index in [0.717, 1.165) is 12.5 Å². The second kappa shape index (κ2) is 5.89. The number of rotatable bonds is 4. The summed E-state index contributed by atoms with van der Waals surface area (Å²) in [5.74, 6) is -0.879. The zero-order chi connectivity index (χ0) is 15.6. The molecule has 2 N–H and O–H groups in total. The number of hydrogen-bond acceptors (Lipinski definition) is 4. The van der Waals surface area contributed by atoms with E-state index in [9.17, 15) is 8.78 Å². The lowest BCUT2D eigenvalue weighted by Gasteiger charge is -2.22. The van der Waals surface area contributed by atoms with Crippen molar-refractivity contribution < 1.29 is 13.3 Å². The first-order valence-electron chi connectivity index (χ1n) is 6.78. The van der Waals surface area contributed by atoms with Crippen LogP contribution in [0.1, 0.15) is 39.0 Å². The van der Waals surface area contributed by atoms with Gasteiger partial charge in [0.25, 0.3) is 0 Å². The van der Waals surface area contributed by atoms with Crippen LogP contribution in [-0.2, 0) is 0 Å². The molecular weight excluding hydrogens is 276 g/mol. The van der Waals surface area contributed by atoms with E-state index in [4.69, 9.17) is 10.3 Å². The summed E-state index contributed by atoms with van der Waals surface area (Å²) in [6.07, 6.45) is 0.780. The van der Waals surface area contributed by atoms with Gasteiger partial charge < -0.3 is 10.3 Å². The van der Waals surface area contributed by atoms with Gasteiger partial charge in [-0.1, -0.05) is 25.9 Å². The molecule has 1 atom stereocenters. The summed E-state index contributed by atoms with van der Waals surface area (Å²) < 4.78 is 31.7.